The lowest BCUT2D eigenvalue weighted by Gasteiger charge is -2.02. The number of hydrogen-bond donors (Lipinski definition) is 1. The van der Waals surface area contributed by atoms with Gasteiger partial charge in [-0.15, -0.1) is 5.10 Å². The van der Waals surface area contributed by atoms with E-state index in [1.807, 2.05) is 20.2 Å². The Morgan fingerprint density at radius 3 is 3.00 bits per heavy atom. The first-order valence-electron chi connectivity index (χ1n) is 4.42. The third-order valence-electron chi connectivity index (χ3n) is 1.61. The molecule has 0 aliphatic heterocycles. The van der Waals surface area contributed by atoms with Gasteiger partial charge in [0.2, 0.25) is 0 Å². The van der Waals surface area contributed by atoms with E-state index in [1.165, 1.54) is 0 Å². The molecular formula is C8H16N4O. The van der Waals surface area contributed by atoms with Crippen LogP contribution in [0, 0.1) is 6.92 Å². The molecule has 0 unspecified atom stereocenters. The van der Waals surface area contributed by atoms with Crippen molar-refractivity contribution in [3.8, 4) is 0 Å². The van der Waals surface area contributed by atoms with Gasteiger partial charge in [0.25, 0.3) is 0 Å². The molecule has 1 aromatic heterocycles. The van der Waals surface area contributed by atoms with Crippen LogP contribution in [-0.2, 0) is 11.3 Å². The van der Waals surface area contributed by atoms with Crippen LogP contribution in [0.2, 0.25) is 0 Å². The molecule has 0 atom stereocenters. The number of aromatic nitrogens is 3. The van der Waals surface area contributed by atoms with Crippen LogP contribution in [-0.4, -0.2) is 41.8 Å². The normalized spacial score (nSPS) is 10.6. The first-order valence-corrected chi connectivity index (χ1v) is 4.42. The summed E-state index contributed by atoms with van der Waals surface area (Å²) >= 11 is 0. The Hall–Kier alpha value is -0.940. The van der Waals surface area contributed by atoms with Gasteiger partial charge in [-0.05, 0) is 14.0 Å². The summed E-state index contributed by atoms with van der Waals surface area (Å²) in [5.74, 6) is 0. The molecule has 1 rings (SSSR count). The maximum absolute atomic E-state index is 5.34. The molecule has 0 amide bonds. The van der Waals surface area contributed by atoms with Crippen LogP contribution in [0.1, 0.15) is 5.69 Å². The van der Waals surface area contributed by atoms with Crippen LogP contribution in [0.5, 0.6) is 0 Å². The minimum atomic E-state index is 0.685. The van der Waals surface area contributed by atoms with Crippen molar-refractivity contribution in [2.75, 3.05) is 26.8 Å². The van der Waals surface area contributed by atoms with Crippen LogP contribution in [0.3, 0.4) is 0 Å². The second kappa shape index (κ2) is 5.66. The van der Waals surface area contributed by atoms with E-state index in [9.17, 15) is 0 Å². The third-order valence-corrected chi connectivity index (χ3v) is 1.61. The zero-order valence-electron chi connectivity index (χ0n) is 8.16. The van der Waals surface area contributed by atoms with E-state index in [0.29, 0.717) is 6.61 Å². The Labute approximate surface area is 78.1 Å². The molecule has 0 saturated carbocycles. The first-order chi connectivity index (χ1) is 6.33. The Morgan fingerprint density at radius 1 is 1.54 bits per heavy atom. The predicted molar refractivity (Wildman–Crippen MR) is 49.5 cm³/mol. The van der Waals surface area contributed by atoms with Crippen molar-refractivity contribution >= 4 is 0 Å². The second-order valence-electron chi connectivity index (χ2n) is 2.84. The molecule has 1 heterocycles. The Morgan fingerprint density at radius 2 is 2.38 bits per heavy atom. The van der Waals surface area contributed by atoms with Crippen LogP contribution in [0.25, 0.3) is 0 Å². The van der Waals surface area contributed by atoms with E-state index in [1.54, 1.807) is 4.68 Å². The van der Waals surface area contributed by atoms with Gasteiger partial charge in [0.05, 0.1) is 25.5 Å². The molecule has 0 aromatic carbocycles. The standard InChI is InChI=1S/C8H16N4O/c1-8-7-12(11-10-8)4-6-13-5-3-9-2/h7,9H,3-6H2,1-2H3. The molecule has 13 heavy (non-hydrogen) atoms. The van der Waals surface area contributed by atoms with Gasteiger partial charge in [0.15, 0.2) is 0 Å². The highest BCUT2D eigenvalue weighted by Crippen LogP contribution is 1.89. The van der Waals surface area contributed by atoms with Gasteiger partial charge in [-0.25, -0.2) is 4.68 Å². The van der Waals surface area contributed by atoms with E-state index >= 15 is 0 Å². The maximum Gasteiger partial charge on any atom is 0.0796 e. The number of aryl methyl sites for hydroxylation is 1. The highest BCUT2D eigenvalue weighted by molar-refractivity contribution is 4.86. The molecule has 0 bridgehead atoms. The topological polar surface area (TPSA) is 52.0 Å². The Balaban J connectivity index is 2.06. The van der Waals surface area contributed by atoms with Crippen LogP contribution in [0.15, 0.2) is 6.20 Å². The van der Waals surface area contributed by atoms with Gasteiger partial charge in [0.1, 0.15) is 0 Å². The Bertz CT molecular complexity index is 236. The van der Waals surface area contributed by atoms with E-state index in [-0.39, 0.29) is 0 Å². The minimum Gasteiger partial charge on any atom is -0.378 e. The molecule has 0 radical (unpaired) electrons. The van der Waals surface area contributed by atoms with Crippen molar-refractivity contribution in [1.82, 2.24) is 20.3 Å². The van der Waals surface area contributed by atoms with Crippen molar-refractivity contribution < 1.29 is 4.74 Å². The van der Waals surface area contributed by atoms with Gasteiger partial charge < -0.3 is 10.1 Å². The van der Waals surface area contributed by atoms with Crippen molar-refractivity contribution in [1.29, 1.82) is 0 Å². The second-order valence-corrected chi connectivity index (χ2v) is 2.84. The maximum atomic E-state index is 5.34. The van der Waals surface area contributed by atoms with Crippen LogP contribution < -0.4 is 5.32 Å². The van der Waals surface area contributed by atoms with E-state index < -0.39 is 0 Å². The molecule has 0 spiro atoms. The van der Waals surface area contributed by atoms with Gasteiger partial charge in [-0.1, -0.05) is 5.21 Å². The van der Waals surface area contributed by atoms with Gasteiger partial charge in [-0.2, -0.15) is 0 Å². The van der Waals surface area contributed by atoms with E-state index in [0.717, 1.165) is 25.4 Å². The molecule has 0 aliphatic carbocycles. The third kappa shape index (κ3) is 4.00. The lowest BCUT2D eigenvalue weighted by atomic mass is 10.5. The summed E-state index contributed by atoms with van der Waals surface area (Å²) in [5.41, 5.74) is 0.940. The largest absolute Gasteiger partial charge is 0.378 e. The van der Waals surface area contributed by atoms with Gasteiger partial charge in [-0.3, -0.25) is 0 Å². The van der Waals surface area contributed by atoms with Crippen LogP contribution >= 0.6 is 0 Å². The molecule has 0 fully saturated rings. The van der Waals surface area contributed by atoms with Crippen molar-refractivity contribution in [2.45, 2.75) is 13.5 Å². The molecule has 1 N–H and O–H groups in total. The molecule has 0 saturated heterocycles. The average Bonchev–Trinajstić information content (AvgIpc) is 2.51. The molecular weight excluding hydrogens is 168 g/mol. The summed E-state index contributed by atoms with van der Waals surface area (Å²) in [4.78, 5) is 0. The summed E-state index contributed by atoms with van der Waals surface area (Å²) < 4.78 is 7.12. The monoisotopic (exact) mass is 184 g/mol. The molecule has 74 valence electrons. The fraction of sp³-hybridized carbons (Fsp3) is 0.750. The van der Waals surface area contributed by atoms with Gasteiger partial charge >= 0.3 is 0 Å². The fourth-order valence-electron chi connectivity index (χ4n) is 0.939. The quantitative estimate of drug-likeness (QED) is 0.623. The fourth-order valence-corrected chi connectivity index (χ4v) is 0.939. The smallest absolute Gasteiger partial charge is 0.0796 e. The zero-order chi connectivity index (χ0) is 9.52. The van der Waals surface area contributed by atoms with E-state index in [2.05, 4.69) is 15.6 Å². The Kier molecular flexibility index (Phi) is 4.42. The molecule has 0 aliphatic rings. The first kappa shape index (κ1) is 10.1. The average molecular weight is 184 g/mol. The highest BCUT2D eigenvalue weighted by Gasteiger charge is 1.94. The van der Waals surface area contributed by atoms with E-state index in [4.69, 9.17) is 4.74 Å². The number of rotatable bonds is 6. The zero-order valence-corrected chi connectivity index (χ0v) is 8.16. The number of nitrogens with one attached hydrogen (secondary N) is 1. The van der Waals surface area contributed by atoms with Gasteiger partial charge in [0, 0.05) is 12.7 Å². The summed E-state index contributed by atoms with van der Waals surface area (Å²) in [6.07, 6.45) is 1.90. The number of hydrogen-bond acceptors (Lipinski definition) is 4. The lowest BCUT2D eigenvalue weighted by molar-refractivity contribution is 0.126. The van der Waals surface area contributed by atoms with Crippen LogP contribution in [0.4, 0.5) is 0 Å². The minimum absolute atomic E-state index is 0.685. The molecule has 5 nitrogen and oxygen atoms in total. The summed E-state index contributed by atoms with van der Waals surface area (Å²) in [6.45, 7) is 5.00. The van der Waals surface area contributed by atoms with Crippen molar-refractivity contribution in [3.63, 3.8) is 0 Å². The summed E-state index contributed by atoms with van der Waals surface area (Å²) in [7, 11) is 1.91. The number of nitrogens with zero attached hydrogens (tertiary/aromatic N) is 3. The number of likely N-dealkylation sites (N-methyl/N-ethyl adjacent to an activating group) is 1. The SMILES string of the molecule is CNCCOCCn1cc(C)nn1. The van der Waals surface area contributed by atoms with Crippen molar-refractivity contribution in [3.05, 3.63) is 11.9 Å². The number of ether oxygens (including phenoxy) is 1. The molecule has 1 aromatic rings. The predicted octanol–water partition coefficient (Wildman–Crippen LogP) is -0.177. The lowest BCUT2D eigenvalue weighted by Crippen LogP contribution is -2.16. The highest BCUT2D eigenvalue weighted by atomic mass is 16.5. The molecule has 5 heteroatoms. The summed E-state index contributed by atoms with van der Waals surface area (Å²) in [5, 5.41) is 10.8. The summed E-state index contributed by atoms with van der Waals surface area (Å²) in [6, 6.07) is 0. The van der Waals surface area contributed by atoms with Crippen molar-refractivity contribution in [2.24, 2.45) is 0 Å².